The van der Waals surface area contributed by atoms with Gasteiger partial charge in [-0.15, -0.1) is 0 Å². The minimum atomic E-state index is -0.888. The highest BCUT2D eigenvalue weighted by Gasteiger charge is 2.27. The molecular weight excluding hydrogens is 344 g/mol. The number of hydrogen-bond acceptors (Lipinski definition) is 5. The molecule has 0 aromatic carbocycles. The molecule has 1 aromatic rings. The van der Waals surface area contributed by atoms with E-state index in [1.807, 2.05) is 18.2 Å². The van der Waals surface area contributed by atoms with E-state index < -0.39 is 11.9 Å². The van der Waals surface area contributed by atoms with Gasteiger partial charge in [0.05, 0.1) is 5.92 Å². The second-order valence-electron chi connectivity index (χ2n) is 7.62. The molecule has 148 valence electrons. The summed E-state index contributed by atoms with van der Waals surface area (Å²) >= 11 is 0. The van der Waals surface area contributed by atoms with Crippen LogP contribution in [0.5, 0.6) is 0 Å². The Bertz CT molecular complexity index is 611. The molecule has 0 bridgehead atoms. The van der Waals surface area contributed by atoms with Crippen LogP contribution in [0.4, 0.5) is 5.82 Å². The van der Waals surface area contributed by atoms with Crippen LogP contribution < -0.4 is 10.2 Å². The van der Waals surface area contributed by atoms with E-state index >= 15 is 0 Å². The van der Waals surface area contributed by atoms with Gasteiger partial charge in [-0.1, -0.05) is 25.3 Å². The van der Waals surface area contributed by atoms with Crippen molar-refractivity contribution in [1.82, 2.24) is 15.2 Å². The van der Waals surface area contributed by atoms with Crippen molar-refractivity contribution < 1.29 is 14.7 Å². The number of hydrogen-bond donors (Lipinski definition) is 2. The van der Waals surface area contributed by atoms with Crippen LogP contribution >= 0.6 is 0 Å². The maximum atomic E-state index is 12.3. The van der Waals surface area contributed by atoms with E-state index in [1.54, 1.807) is 6.20 Å². The fourth-order valence-corrected chi connectivity index (χ4v) is 4.00. The zero-order chi connectivity index (χ0) is 19.1. The van der Waals surface area contributed by atoms with E-state index in [0.717, 1.165) is 57.7 Å². The van der Waals surface area contributed by atoms with Crippen molar-refractivity contribution in [3.8, 4) is 0 Å². The van der Waals surface area contributed by atoms with Crippen molar-refractivity contribution in [2.75, 3.05) is 37.6 Å². The zero-order valence-electron chi connectivity index (χ0n) is 15.8. The molecular formula is C20H30N4O3. The molecule has 2 heterocycles. The maximum absolute atomic E-state index is 12.3. The lowest BCUT2D eigenvalue weighted by atomic mass is 9.95. The summed E-state index contributed by atoms with van der Waals surface area (Å²) in [6.45, 7) is 3.62. The van der Waals surface area contributed by atoms with E-state index in [0.29, 0.717) is 6.54 Å². The number of rotatable bonds is 7. The molecule has 7 nitrogen and oxygen atoms in total. The fourth-order valence-electron chi connectivity index (χ4n) is 4.00. The minimum absolute atomic E-state index is 0.0618. The third kappa shape index (κ3) is 5.92. The van der Waals surface area contributed by atoms with E-state index in [2.05, 4.69) is 20.1 Å². The topological polar surface area (TPSA) is 85.8 Å². The van der Waals surface area contributed by atoms with Gasteiger partial charge in [-0.25, -0.2) is 4.98 Å². The largest absolute Gasteiger partial charge is 0.481 e. The van der Waals surface area contributed by atoms with Crippen LogP contribution in [0.15, 0.2) is 24.4 Å². The molecule has 1 aromatic heterocycles. The highest BCUT2D eigenvalue weighted by molar-refractivity contribution is 5.82. The average molecular weight is 374 g/mol. The third-order valence-corrected chi connectivity index (χ3v) is 5.58. The monoisotopic (exact) mass is 374 g/mol. The quantitative estimate of drug-likeness (QED) is 0.756. The minimum Gasteiger partial charge on any atom is -0.481 e. The number of pyridine rings is 1. The number of carbonyl (C=O) groups is 2. The second kappa shape index (κ2) is 9.69. The van der Waals surface area contributed by atoms with Crippen LogP contribution in [0.3, 0.4) is 0 Å². The van der Waals surface area contributed by atoms with Gasteiger partial charge in [0.1, 0.15) is 5.82 Å². The van der Waals surface area contributed by atoms with Gasteiger partial charge >= 0.3 is 5.97 Å². The van der Waals surface area contributed by atoms with Gasteiger partial charge in [0, 0.05) is 51.4 Å². The molecule has 27 heavy (non-hydrogen) atoms. The summed E-state index contributed by atoms with van der Waals surface area (Å²) in [7, 11) is 0. The van der Waals surface area contributed by atoms with E-state index in [9.17, 15) is 14.7 Å². The Morgan fingerprint density at radius 3 is 2.52 bits per heavy atom. The first-order chi connectivity index (χ1) is 13.1. The van der Waals surface area contributed by atoms with E-state index in [-0.39, 0.29) is 18.4 Å². The lowest BCUT2D eigenvalue weighted by molar-refractivity contribution is -0.145. The van der Waals surface area contributed by atoms with Crippen molar-refractivity contribution in [2.24, 2.45) is 5.92 Å². The first-order valence-corrected chi connectivity index (χ1v) is 10.0. The van der Waals surface area contributed by atoms with Gasteiger partial charge in [0.2, 0.25) is 5.91 Å². The van der Waals surface area contributed by atoms with Crippen LogP contribution in [-0.4, -0.2) is 65.6 Å². The number of nitrogens with one attached hydrogen (secondary N) is 1. The van der Waals surface area contributed by atoms with E-state index in [4.69, 9.17) is 0 Å². The number of nitrogens with zero attached hydrogens (tertiary/aromatic N) is 3. The Hall–Kier alpha value is -2.15. The number of anilines is 1. The van der Waals surface area contributed by atoms with Crippen molar-refractivity contribution in [3.63, 3.8) is 0 Å². The van der Waals surface area contributed by atoms with Crippen molar-refractivity contribution >= 4 is 17.7 Å². The van der Waals surface area contributed by atoms with Gasteiger partial charge < -0.3 is 15.3 Å². The predicted octanol–water partition coefficient (Wildman–Crippen LogP) is 1.74. The molecule has 1 atom stereocenters. The van der Waals surface area contributed by atoms with Crippen molar-refractivity contribution in [3.05, 3.63) is 24.4 Å². The van der Waals surface area contributed by atoms with Crippen LogP contribution in [-0.2, 0) is 9.59 Å². The van der Waals surface area contributed by atoms with Crippen LogP contribution in [0.2, 0.25) is 0 Å². The first-order valence-electron chi connectivity index (χ1n) is 10.0. The lowest BCUT2D eigenvalue weighted by Crippen LogP contribution is -2.49. The highest BCUT2D eigenvalue weighted by atomic mass is 16.4. The second-order valence-corrected chi connectivity index (χ2v) is 7.62. The van der Waals surface area contributed by atoms with Gasteiger partial charge in [-0.05, 0) is 25.0 Å². The van der Waals surface area contributed by atoms with Crippen molar-refractivity contribution in [2.45, 2.75) is 44.6 Å². The Morgan fingerprint density at radius 1 is 1.15 bits per heavy atom. The molecule has 7 heteroatoms. The van der Waals surface area contributed by atoms with Crippen LogP contribution in [0, 0.1) is 5.92 Å². The van der Waals surface area contributed by atoms with Gasteiger partial charge in [-0.3, -0.25) is 14.5 Å². The molecule has 0 radical (unpaired) electrons. The van der Waals surface area contributed by atoms with Crippen LogP contribution in [0.25, 0.3) is 0 Å². The zero-order valence-corrected chi connectivity index (χ0v) is 15.8. The number of amides is 1. The van der Waals surface area contributed by atoms with Gasteiger partial charge in [-0.2, -0.15) is 0 Å². The Balaban J connectivity index is 1.45. The summed E-state index contributed by atoms with van der Waals surface area (Å²) < 4.78 is 0. The molecule has 3 rings (SSSR count). The van der Waals surface area contributed by atoms with Gasteiger partial charge in [0.25, 0.3) is 0 Å². The molecule has 1 aliphatic carbocycles. The standard InChI is InChI=1S/C20H30N4O3/c25-19(22-17-6-2-1-3-7-17)14-16(20(26)27)15-23-10-12-24(13-11-23)18-8-4-5-9-21-18/h4-5,8-9,16-17H,1-3,6-7,10-15H2,(H,22,25)(H,26,27)/t16-/m0/s1. The summed E-state index contributed by atoms with van der Waals surface area (Å²) in [6, 6.07) is 6.09. The van der Waals surface area contributed by atoms with Gasteiger partial charge in [0.15, 0.2) is 0 Å². The molecule has 1 amide bonds. The number of piperazine rings is 1. The molecule has 0 spiro atoms. The Labute approximate surface area is 160 Å². The molecule has 1 saturated heterocycles. The Morgan fingerprint density at radius 2 is 1.89 bits per heavy atom. The molecule has 1 aliphatic heterocycles. The Kier molecular flexibility index (Phi) is 7.04. The fraction of sp³-hybridized carbons (Fsp3) is 0.650. The molecule has 2 aliphatic rings. The summed E-state index contributed by atoms with van der Waals surface area (Å²) in [5, 5.41) is 12.6. The van der Waals surface area contributed by atoms with E-state index in [1.165, 1.54) is 6.42 Å². The maximum Gasteiger partial charge on any atom is 0.308 e. The summed E-state index contributed by atoms with van der Waals surface area (Å²) in [5.41, 5.74) is 0. The SMILES string of the molecule is O=C(C[C@@H](CN1CCN(c2ccccn2)CC1)C(=O)O)NC1CCCCC1. The highest BCUT2D eigenvalue weighted by Crippen LogP contribution is 2.18. The first kappa shape index (κ1) is 19.6. The average Bonchev–Trinajstić information content (AvgIpc) is 2.69. The van der Waals surface area contributed by atoms with Crippen LogP contribution in [0.1, 0.15) is 38.5 Å². The van der Waals surface area contributed by atoms with Crippen molar-refractivity contribution in [1.29, 1.82) is 0 Å². The lowest BCUT2D eigenvalue weighted by Gasteiger charge is -2.36. The molecule has 1 saturated carbocycles. The summed E-state index contributed by atoms with van der Waals surface area (Å²) in [6.07, 6.45) is 7.40. The number of carboxylic acids is 1. The number of aliphatic carboxylic acids is 1. The molecule has 0 unspecified atom stereocenters. The summed E-state index contributed by atoms with van der Waals surface area (Å²) in [4.78, 5) is 32.7. The summed E-state index contributed by atoms with van der Waals surface area (Å²) in [5.74, 6) is -0.712. The number of carbonyl (C=O) groups excluding carboxylic acids is 1. The third-order valence-electron chi connectivity index (χ3n) is 5.58. The molecule has 2 N–H and O–H groups in total. The normalized spacial score (nSPS) is 20.2. The molecule has 2 fully saturated rings. The predicted molar refractivity (Wildman–Crippen MR) is 104 cm³/mol. The number of aromatic nitrogens is 1. The number of carboxylic acid groups (broad SMARTS) is 1. The smallest absolute Gasteiger partial charge is 0.308 e.